The van der Waals surface area contributed by atoms with Crippen LogP contribution in [-0.4, -0.2) is 35.4 Å². The maximum atomic E-state index is 13.7. The quantitative estimate of drug-likeness (QED) is 0.303. The fraction of sp³-hybridized carbons (Fsp3) is 0.333. The molecule has 6 heteroatoms. The number of benzene rings is 3. The summed E-state index contributed by atoms with van der Waals surface area (Å²) in [7, 11) is 0. The molecule has 36 heavy (non-hydrogen) atoms. The highest BCUT2D eigenvalue weighted by Crippen LogP contribution is 2.20. The first-order valence-electron chi connectivity index (χ1n) is 12.6. The summed E-state index contributed by atoms with van der Waals surface area (Å²) >= 11 is 2.23. The molecule has 1 saturated carbocycles. The molecule has 1 aliphatic carbocycles. The number of halogens is 1. The zero-order valence-electron chi connectivity index (χ0n) is 20.4. The van der Waals surface area contributed by atoms with Gasteiger partial charge in [-0.05, 0) is 70.8 Å². The standard InChI is InChI=1S/C30H33IN2O3/c31-25-16-18-27(19-17-25)36-22-29(34)33(21-24-12-6-2-7-13-24)28(20-23-10-4-1-5-11-23)30(35)32-26-14-8-3-9-15-26/h1-2,4-7,10-13,16-19,26,28H,3,8-9,14-15,20-22H2,(H,32,35)/t28-/m0/s1. The van der Waals surface area contributed by atoms with Gasteiger partial charge < -0.3 is 15.0 Å². The van der Waals surface area contributed by atoms with Gasteiger partial charge in [-0.3, -0.25) is 9.59 Å². The average Bonchev–Trinajstić information content (AvgIpc) is 2.92. The fourth-order valence-corrected chi connectivity index (χ4v) is 5.00. The summed E-state index contributed by atoms with van der Waals surface area (Å²) in [6, 6.07) is 26.9. The molecule has 0 radical (unpaired) electrons. The Labute approximate surface area is 227 Å². The van der Waals surface area contributed by atoms with Gasteiger partial charge in [-0.25, -0.2) is 0 Å². The molecule has 0 aliphatic heterocycles. The van der Waals surface area contributed by atoms with E-state index in [0.717, 1.165) is 40.4 Å². The number of carbonyl (C=O) groups excluding carboxylic acids is 2. The number of rotatable bonds is 10. The van der Waals surface area contributed by atoms with Crippen molar-refractivity contribution in [3.05, 3.63) is 99.6 Å². The average molecular weight is 597 g/mol. The Morgan fingerprint density at radius 3 is 2.11 bits per heavy atom. The Morgan fingerprint density at radius 1 is 0.861 bits per heavy atom. The number of ether oxygens (including phenoxy) is 1. The second-order valence-electron chi connectivity index (χ2n) is 9.30. The first-order chi connectivity index (χ1) is 17.6. The molecule has 1 aliphatic rings. The van der Waals surface area contributed by atoms with Crippen LogP contribution in [0.5, 0.6) is 5.75 Å². The molecular weight excluding hydrogens is 563 g/mol. The lowest BCUT2D eigenvalue weighted by Crippen LogP contribution is -2.53. The third-order valence-corrected chi connectivity index (χ3v) is 7.31. The van der Waals surface area contributed by atoms with Crippen molar-refractivity contribution in [1.29, 1.82) is 0 Å². The van der Waals surface area contributed by atoms with Gasteiger partial charge in [0.2, 0.25) is 5.91 Å². The van der Waals surface area contributed by atoms with Crippen LogP contribution in [-0.2, 0) is 22.6 Å². The van der Waals surface area contributed by atoms with Gasteiger partial charge in [0.15, 0.2) is 6.61 Å². The normalized spacial score (nSPS) is 14.6. The molecule has 0 bridgehead atoms. The highest BCUT2D eigenvalue weighted by molar-refractivity contribution is 14.1. The van der Waals surface area contributed by atoms with Crippen molar-refractivity contribution in [2.45, 2.75) is 57.2 Å². The van der Waals surface area contributed by atoms with E-state index in [1.54, 1.807) is 4.90 Å². The lowest BCUT2D eigenvalue weighted by molar-refractivity contribution is -0.143. The number of hydrogen-bond donors (Lipinski definition) is 1. The summed E-state index contributed by atoms with van der Waals surface area (Å²) in [5, 5.41) is 3.27. The first kappa shape index (κ1) is 26.2. The molecule has 0 heterocycles. The molecular formula is C30H33IN2O3. The van der Waals surface area contributed by atoms with Gasteiger partial charge in [0, 0.05) is 22.6 Å². The summed E-state index contributed by atoms with van der Waals surface area (Å²) in [4.78, 5) is 29.0. The molecule has 3 aromatic carbocycles. The van der Waals surface area contributed by atoms with Crippen LogP contribution >= 0.6 is 22.6 Å². The molecule has 0 unspecified atom stereocenters. The summed E-state index contributed by atoms with van der Waals surface area (Å²) in [5.74, 6) is 0.330. The molecule has 0 spiro atoms. The highest BCUT2D eigenvalue weighted by Gasteiger charge is 2.32. The molecule has 1 atom stereocenters. The molecule has 188 valence electrons. The third-order valence-electron chi connectivity index (χ3n) is 6.59. The Morgan fingerprint density at radius 2 is 1.47 bits per heavy atom. The van der Waals surface area contributed by atoms with E-state index in [-0.39, 0.29) is 24.5 Å². The number of hydrogen-bond acceptors (Lipinski definition) is 3. The maximum absolute atomic E-state index is 13.7. The number of nitrogens with zero attached hydrogens (tertiary/aromatic N) is 1. The van der Waals surface area contributed by atoms with Crippen LogP contribution in [0.1, 0.15) is 43.2 Å². The number of carbonyl (C=O) groups is 2. The molecule has 3 aromatic rings. The molecule has 1 N–H and O–H groups in total. The van der Waals surface area contributed by atoms with Gasteiger partial charge in [-0.2, -0.15) is 0 Å². The van der Waals surface area contributed by atoms with E-state index >= 15 is 0 Å². The zero-order valence-corrected chi connectivity index (χ0v) is 22.6. The third kappa shape index (κ3) is 7.82. The first-order valence-corrected chi connectivity index (χ1v) is 13.7. The van der Waals surface area contributed by atoms with Crippen molar-refractivity contribution in [3.8, 4) is 5.75 Å². The fourth-order valence-electron chi connectivity index (χ4n) is 4.64. The van der Waals surface area contributed by atoms with E-state index in [0.29, 0.717) is 18.7 Å². The largest absolute Gasteiger partial charge is 0.484 e. The van der Waals surface area contributed by atoms with Crippen molar-refractivity contribution in [2.75, 3.05) is 6.61 Å². The Kier molecular flexibility index (Phi) is 9.78. The SMILES string of the molecule is O=C(NC1CCCCC1)[C@H](Cc1ccccc1)N(Cc1ccccc1)C(=O)COc1ccc(I)cc1. The Bertz CT molecular complexity index is 1100. The van der Waals surface area contributed by atoms with Crippen molar-refractivity contribution in [1.82, 2.24) is 10.2 Å². The predicted molar refractivity (Wildman–Crippen MR) is 151 cm³/mol. The molecule has 5 nitrogen and oxygen atoms in total. The lowest BCUT2D eigenvalue weighted by atomic mass is 9.94. The predicted octanol–water partition coefficient (Wildman–Crippen LogP) is 5.76. The van der Waals surface area contributed by atoms with Gasteiger partial charge in [0.25, 0.3) is 5.91 Å². The summed E-state index contributed by atoms with van der Waals surface area (Å²) in [5.41, 5.74) is 1.99. The number of amides is 2. The summed E-state index contributed by atoms with van der Waals surface area (Å²) in [6.45, 7) is 0.209. The van der Waals surface area contributed by atoms with E-state index in [1.165, 1.54) is 6.42 Å². The Balaban J connectivity index is 1.58. The van der Waals surface area contributed by atoms with Gasteiger partial charge in [0.05, 0.1) is 0 Å². The second kappa shape index (κ2) is 13.4. The maximum Gasteiger partial charge on any atom is 0.261 e. The summed E-state index contributed by atoms with van der Waals surface area (Å²) in [6.07, 6.45) is 5.91. The minimum Gasteiger partial charge on any atom is -0.484 e. The lowest BCUT2D eigenvalue weighted by Gasteiger charge is -2.33. The monoisotopic (exact) mass is 596 g/mol. The summed E-state index contributed by atoms with van der Waals surface area (Å²) < 4.78 is 6.94. The molecule has 0 saturated heterocycles. The van der Waals surface area contributed by atoms with E-state index in [1.807, 2.05) is 84.9 Å². The zero-order chi connectivity index (χ0) is 25.2. The van der Waals surface area contributed by atoms with Gasteiger partial charge in [-0.1, -0.05) is 79.9 Å². The van der Waals surface area contributed by atoms with Crippen LogP contribution in [0.15, 0.2) is 84.9 Å². The molecule has 4 rings (SSSR count). The van der Waals surface area contributed by atoms with Crippen molar-refractivity contribution >= 4 is 34.4 Å². The van der Waals surface area contributed by atoms with Crippen LogP contribution in [0.3, 0.4) is 0 Å². The highest BCUT2D eigenvalue weighted by atomic mass is 127. The second-order valence-corrected chi connectivity index (χ2v) is 10.5. The topological polar surface area (TPSA) is 58.6 Å². The molecule has 2 amide bonds. The van der Waals surface area contributed by atoms with Crippen LogP contribution < -0.4 is 10.1 Å². The van der Waals surface area contributed by atoms with E-state index in [2.05, 4.69) is 27.9 Å². The van der Waals surface area contributed by atoms with Gasteiger partial charge in [0.1, 0.15) is 11.8 Å². The number of nitrogens with one attached hydrogen (secondary N) is 1. The van der Waals surface area contributed by atoms with Gasteiger partial charge in [-0.15, -0.1) is 0 Å². The van der Waals surface area contributed by atoms with Crippen LogP contribution in [0.4, 0.5) is 0 Å². The van der Waals surface area contributed by atoms with Crippen LogP contribution in [0.25, 0.3) is 0 Å². The van der Waals surface area contributed by atoms with Crippen molar-refractivity contribution in [2.24, 2.45) is 0 Å². The minimum atomic E-state index is -0.637. The minimum absolute atomic E-state index is 0.0932. The van der Waals surface area contributed by atoms with E-state index in [9.17, 15) is 9.59 Å². The van der Waals surface area contributed by atoms with Crippen LogP contribution in [0, 0.1) is 3.57 Å². The van der Waals surface area contributed by atoms with Gasteiger partial charge >= 0.3 is 0 Å². The van der Waals surface area contributed by atoms with Crippen molar-refractivity contribution < 1.29 is 14.3 Å². The Hall–Kier alpha value is -2.87. The van der Waals surface area contributed by atoms with E-state index in [4.69, 9.17) is 4.74 Å². The van der Waals surface area contributed by atoms with Crippen molar-refractivity contribution in [3.63, 3.8) is 0 Å². The molecule has 1 fully saturated rings. The smallest absolute Gasteiger partial charge is 0.261 e. The van der Waals surface area contributed by atoms with E-state index < -0.39 is 6.04 Å². The molecule has 0 aromatic heterocycles. The van der Waals surface area contributed by atoms with Crippen LogP contribution in [0.2, 0.25) is 0 Å².